The van der Waals surface area contributed by atoms with E-state index in [1.54, 1.807) is 30.9 Å². The standard InChI is InChI=1S/C12H13N5O3/c1-12(2)11(19)14-8(18)5-17(12)7-4-3-6(13)9-10(7)16-20-15-9/h3-4H,5,13H2,1-2H3,(H,14,18,19). The van der Waals surface area contributed by atoms with Crippen molar-refractivity contribution in [1.82, 2.24) is 15.6 Å². The molecular weight excluding hydrogens is 262 g/mol. The number of amides is 2. The van der Waals surface area contributed by atoms with E-state index >= 15 is 0 Å². The first-order valence-corrected chi connectivity index (χ1v) is 6.04. The quantitative estimate of drug-likeness (QED) is 0.558. The van der Waals surface area contributed by atoms with Crippen LogP contribution < -0.4 is 16.0 Å². The lowest BCUT2D eigenvalue weighted by Gasteiger charge is -2.41. The summed E-state index contributed by atoms with van der Waals surface area (Å²) in [6, 6.07) is 3.35. The molecule has 2 amide bonds. The monoisotopic (exact) mass is 275 g/mol. The van der Waals surface area contributed by atoms with Gasteiger partial charge in [-0.05, 0) is 36.3 Å². The number of hydrogen-bond acceptors (Lipinski definition) is 7. The molecule has 1 fully saturated rings. The lowest BCUT2D eigenvalue weighted by Crippen LogP contribution is -2.64. The van der Waals surface area contributed by atoms with Crippen LogP contribution in [0.15, 0.2) is 16.8 Å². The molecule has 1 aliphatic heterocycles. The van der Waals surface area contributed by atoms with Gasteiger partial charge in [0.05, 0.1) is 17.9 Å². The molecule has 0 atom stereocenters. The fourth-order valence-electron chi connectivity index (χ4n) is 2.26. The average molecular weight is 275 g/mol. The van der Waals surface area contributed by atoms with E-state index in [0.29, 0.717) is 22.4 Å². The highest BCUT2D eigenvalue weighted by Gasteiger charge is 2.42. The molecule has 1 saturated heterocycles. The maximum Gasteiger partial charge on any atom is 0.251 e. The SMILES string of the molecule is CC1(C)C(=O)NC(=O)CN1c1ccc(N)c2nonc12. The molecule has 0 spiro atoms. The third kappa shape index (κ3) is 1.61. The van der Waals surface area contributed by atoms with E-state index in [0.717, 1.165) is 0 Å². The number of piperazine rings is 1. The van der Waals surface area contributed by atoms with Crippen molar-refractivity contribution in [3.05, 3.63) is 12.1 Å². The third-order valence-corrected chi connectivity index (χ3v) is 3.50. The van der Waals surface area contributed by atoms with Crippen LogP contribution in [0.5, 0.6) is 0 Å². The Bertz CT molecular complexity index is 721. The van der Waals surface area contributed by atoms with Gasteiger partial charge < -0.3 is 10.6 Å². The van der Waals surface area contributed by atoms with Gasteiger partial charge >= 0.3 is 0 Å². The van der Waals surface area contributed by atoms with Crippen LogP contribution in [0.3, 0.4) is 0 Å². The maximum atomic E-state index is 12.0. The van der Waals surface area contributed by atoms with Crippen molar-refractivity contribution in [1.29, 1.82) is 0 Å². The van der Waals surface area contributed by atoms with E-state index in [9.17, 15) is 9.59 Å². The van der Waals surface area contributed by atoms with Gasteiger partial charge in [-0.25, -0.2) is 4.63 Å². The number of fused-ring (bicyclic) bond motifs is 1. The Morgan fingerprint density at radius 2 is 2.00 bits per heavy atom. The smallest absolute Gasteiger partial charge is 0.251 e. The van der Waals surface area contributed by atoms with Crippen LogP contribution in [0.4, 0.5) is 11.4 Å². The van der Waals surface area contributed by atoms with E-state index in [2.05, 4.69) is 15.6 Å². The molecule has 20 heavy (non-hydrogen) atoms. The second-order valence-corrected chi connectivity index (χ2v) is 5.16. The van der Waals surface area contributed by atoms with Crippen LogP contribution in [0.1, 0.15) is 13.8 Å². The first kappa shape index (κ1) is 12.4. The highest BCUT2D eigenvalue weighted by atomic mass is 16.6. The van der Waals surface area contributed by atoms with Gasteiger partial charge in [0.1, 0.15) is 5.54 Å². The van der Waals surface area contributed by atoms with Crippen LogP contribution in [0.2, 0.25) is 0 Å². The number of benzene rings is 1. The van der Waals surface area contributed by atoms with Crippen LogP contribution >= 0.6 is 0 Å². The molecule has 0 aliphatic carbocycles. The summed E-state index contributed by atoms with van der Waals surface area (Å²) in [6.45, 7) is 3.50. The van der Waals surface area contributed by atoms with Gasteiger partial charge in [0.2, 0.25) is 5.91 Å². The summed E-state index contributed by atoms with van der Waals surface area (Å²) in [5.74, 6) is -0.731. The van der Waals surface area contributed by atoms with E-state index in [4.69, 9.17) is 10.4 Å². The van der Waals surface area contributed by atoms with Gasteiger partial charge in [-0.15, -0.1) is 0 Å². The molecule has 0 unspecified atom stereocenters. The van der Waals surface area contributed by atoms with Gasteiger partial charge in [-0.1, -0.05) is 0 Å². The molecule has 1 aromatic heterocycles. The maximum absolute atomic E-state index is 12.0. The number of nitrogens with one attached hydrogen (secondary N) is 1. The molecule has 0 bridgehead atoms. The minimum absolute atomic E-state index is 0.0462. The van der Waals surface area contributed by atoms with Gasteiger partial charge in [-0.2, -0.15) is 0 Å². The fourth-order valence-corrected chi connectivity index (χ4v) is 2.26. The Morgan fingerprint density at radius 1 is 1.30 bits per heavy atom. The van der Waals surface area contributed by atoms with Crippen molar-refractivity contribution >= 4 is 34.2 Å². The Hall–Kier alpha value is -2.64. The van der Waals surface area contributed by atoms with E-state index in [1.165, 1.54) is 0 Å². The predicted molar refractivity (Wildman–Crippen MR) is 70.8 cm³/mol. The number of imide groups is 1. The Labute approximate surface area is 113 Å². The number of carbonyl (C=O) groups is 2. The van der Waals surface area contributed by atoms with Crippen LogP contribution in [-0.2, 0) is 9.59 Å². The first-order chi connectivity index (χ1) is 9.41. The summed E-state index contributed by atoms with van der Waals surface area (Å²) in [4.78, 5) is 25.3. The highest BCUT2D eigenvalue weighted by Crippen LogP contribution is 2.33. The summed E-state index contributed by atoms with van der Waals surface area (Å²) in [6.07, 6.45) is 0. The lowest BCUT2D eigenvalue weighted by molar-refractivity contribution is -0.135. The molecule has 2 aromatic rings. The van der Waals surface area contributed by atoms with Gasteiger partial charge in [0.25, 0.3) is 5.91 Å². The summed E-state index contributed by atoms with van der Waals surface area (Å²) < 4.78 is 4.71. The number of nitrogen functional groups attached to an aromatic ring is 1. The number of aromatic nitrogens is 2. The molecule has 2 heterocycles. The van der Waals surface area contributed by atoms with Crippen molar-refractivity contribution < 1.29 is 14.2 Å². The Morgan fingerprint density at radius 3 is 2.75 bits per heavy atom. The molecule has 104 valence electrons. The summed E-state index contributed by atoms with van der Waals surface area (Å²) in [5.41, 5.74) is 6.76. The summed E-state index contributed by atoms with van der Waals surface area (Å²) in [5, 5.41) is 9.87. The van der Waals surface area contributed by atoms with Crippen LogP contribution in [0, 0.1) is 0 Å². The largest absolute Gasteiger partial charge is 0.397 e. The first-order valence-electron chi connectivity index (χ1n) is 6.04. The molecule has 3 rings (SSSR count). The summed E-state index contributed by atoms with van der Waals surface area (Å²) in [7, 11) is 0. The number of carbonyl (C=O) groups excluding carboxylic acids is 2. The average Bonchev–Trinajstić information content (AvgIpc) is 2.85. The zero-order valence-corrected chi connectivity index (χ0v) is 11.0. The molecule has 8 heteroatoms. The zero-order chi connectivity index (χ0) is 14.5. The number of anilines is 2. The lowest BCUT2D eigenvalue weighted by atomic mass is 9.97. The molecule has 1 aromatic carbocycles. The van der Waals surface area contributed by atoms with Crippen LogP contribution in [-0.4, -0.2) is 34.2 Å². The van der Waals surface area contributed by atoms with Crippen molar-refractivity contribution in [2.45, 2.75) is 19.4 Å². The van der Waals surface area contributed by atoms with E-state index in [-0.39, 0.29) is 18.4 Å². The third-order valence-electron chi connectivity index (χ3n) is 3.50. The normalized spacial score (nSPS) is 18.4. The molecule has 8 nitrogen and oxygen atoms in total. The Balaban J connectivity index is 2.19. The molecule has 0 radical (unpaired) electrons. The van der Waals surface area contributed by atoms with Gasteiger partial charge in [0, 0.05) is 0 Å². The second kappa shape index (κ2) is 3.92. The molecule has 0 saturated carbocycles. The van der Waals surface area contributed by atoms with Crippen LogP contribution in [0.25, 0.3) is 11.0 Å². The number of nitrogens with zero attached hydrogens (tertiary/aromatic N) is 3. The van der Waals surface area contributed by atoms with Gasteiger partial charge in [0.15, 0.2) is 11.0 Å². The topological polar surface area (TPSA) is 114 Å². The van der Waals surface area contributed by atoms with Gasteiger partial charge in [-0.3, -0.25) is 14.9 Å². The zero-order valence-electron chi connectivity index (χ0n) is 11.0. The minimum Gasteiger partial charge on any atom is -0.397 e. The highest BCUT2D eigenvalue weighted by molar-refractivity contribution is 6.08. The Kier molecular flexibility index (Phi) is 2.43. The number of nitrogens with two attached hydrogens (primary N) is 1. The number of hydrogen-bond donors (Lipinski definition) is 2. The molecule has 1 aliphatic rings. The van der Waals surface area contributed by atoms with Crippen molar-refractivity contribution in [2.24, 2.45) is 0 Å². The molecular formula is C12H13N5O3. The van der Waals surface area contributed by atoms with Crippen molar-refractivity contribution in [3.63, 3.8) is 0 Å². The fraction of sp³-hybridized carbons (Fsp3) is 0.333. The minimum atomic E-state index is -0.893. The number of rotatable bonds is 1. The second-order valence-electron chi connectivity index (χ2n) is 5.16. The molecule has 3 N–H and O–H groups in total. The van der Waals surface area contributed by atoms with Crippen molar-refractivity contribution in [2.75, 3.05) is 17.2 Å². The van der Waals surface area contributed by atoms with E-state index in [1.807, 2.05) is 0 Å². The predicted octanol–water partition coefficient (Wildman–Crippen LogP) is 0.0464. The summed E-state index contributed by atoms with van der Waals surface area (Å²) >= 11 is 0. The van der Waals surface area contributed by atoms with E-state index < -0.39 is 5.54 Å². The van der Waals surface area contributed by atoms with Crippen molar-refractivity contribution in [3.8, 4) is 0 Å².